The molecule has 1 nitrogen and oxygen atoms in total. The van der Waals surface area contributed by atoms with Crippen molar-refractivity contribution in [2.24, 2.45) is 0 Å². The molecule has 1 radical (unpaired) electrons. The van der Waals surface area contributed by atoms with E-state index >= 15 is 0 Å². The van der Waals surface area contributed by atoms with Crippen LogP contribution < -0.4 is 24.8 Å². The van der Waals surface area contributed by atoms with Gasteiger partial charge in [-0.2, -0.15) is 6.08 Å². The van der Waals surface area contributed by atoms with E-state index in [9.17, 15) is 0 Å². The first-order valence-corrected chi connectivity index (χ1v) is 8.51. The molecule has 0 N–H and O–H groups in total. The van der Waals surface area contributed by atoms with Crippen LogP contribution in [-0.2, 0) is 30.6 Å². The van der Waals surface area contributed by atoms with Crippen molar-refractivity contribution in [1.82, 2.24) is 0 Å². The Balaban J connectivity index is -0.000000853. The second-order valence-electron chi connectivity index (χ2n) is 5.58. The molecule has 0 atom stereocenters. The van der Waals surface area contributed by atoms with Gasteiger partial charge in [0.25, 0.3) is 0 Å². The number of hydrogen-bond donors (Lipinski definition) is 0. The summed E-state index contributed by atoms with van der Waals surface area (Å²) in [5, 5.41) is 0. The molecule has 1 rings (SSSR count). The maximum Gasteiger partial charge on any atom is 3.00 e. The molecule has 0 saturated carbocycles. The van der Waals surface area contributed by atoms with Crippen molar-refractivity contribution in [3.05, 3.63) is 24.0 Å². The number of hydrogen-bond acceptors (Lipinski definition) is 1. The van der Waals surface area contributed by atoms with E-state index in [0.29, 0.717) is 16.6 Å². The fourth-order valence-corrected chi connectivity index (χ4v) is 8.26. The number of allylic oxidation sites excluding steroid dienone is 3. The molecule has 0 aromatic heterocycles. The van der Waals surface area contributed by atoms with Crippen LogP contribution in [0.5, 0.6) is 0 Å². The summed E-state index contributed by atoms with van der Waals surface area (Å²) in [4.78, 5) is 0. The van der Waals surface area contributed by atoms with Crippen LogP contribution in [0.3, 0.4) is 0 Å². The molecule has 1 aliphatic rings. The summed E-state index contributed by atoms with van der Waals surface area (Å²) in [6, 6.07) is 0. The van der Waals surface area contributed by atoms with Crippen molar-refractivity contribution in [1.29, 1.82) is 0 Å². The Hall–Kier alpha value is 0.960. The van der Waals surface area contributed by atoms with E-state index in [1.54, 1.807) is 0 Å². The SMILES string of the molecule is CC(C)[Si](OC1=CC[C-]=C1)(C(C)C)C(C)C.[Cl-].[Cl-].[Zr+3]. The van der Waals surface area contributed by atoms with Crippen molar-refractivity contribution in [3.8, 4) is 0 Å². The summed E-state index contributed by atoms with van der Waals surface area (Å²) in [5.41, 5.74) is 1.92. The van der Waals surface area contributed by atoms with E-state index in [1.807, 2.05) is 6.08 Å². The minimum Gasteiger partial charge on any atom is -1.00 e. The molecule has 0 spiro atoms. The first kappa shape index (κ1) is 24.9. The van der Waals surface area contributed by atoms with E-state index in [-0.39, 0.29) is 51.0 Å². The van der Waals surface area contributed by atoms with Crippen molar-refractivity contribution in [3.63, 3.8) is 0 Å². The predicted octanol–water partition coefficient (Wildman–Crippen LogP) is -1.17. The molecular weight excluding hydrogens is 374 g/mol. The molecule has 1 aliphatic carbocycles. The molecule has 0 amide bonds. The van der Waals surface area contributed by atoms with Crippen LogP contribution in [0.4, 0.5) is 0 Å². The average molecular weight is 400 g/mol. The Morgan fingerprint density at radius 2 is 1.42 bits per heavy atom. The van der Waals surface area contributed by atoms with Crippen LogP contribution in [0.2, 0.25) is 16.6 Å². The van der Waals surface area contributed by atoms with Gasteiger partial charge in [-0.1, -0.05) is 47.3 Å². The van der Waals surface area contributed by atoms with Crippen LogP contribution in [-0.4, -0.2) is 8.32 Å². The fraction of sp³-hybridized carbons (Fsp3) is 0.714. The van der Waals surface area contributed by atoms with Crippen LogP contribution in [0.25, 0.3) is 0 Å². The average Bonchev–Trinajstić information content (AvgIpc) is 2.64. The first-order valence-electron chi connectivity index (χ1n) is 6.37. The minimum atomic E-state index is -1.73. The summed E-state index contributed by atoms with van der Waals surface area (Å²) < 4.78 is 6.47. The van der Waals surface area contributed by atoms with E-state index < -0.39 is 8.32 Å². The number of rotatable bonds is 5. The zero-order valence-electron chi connectivity index (χ0n) is 12.8. The molecule has 5 heteroatoms. The molecular formula is C14H25Cl2OSiZr. The molecule has 109 valence electrons. The van der Waals surface area contributed by atoms with Gasteiger partial charge in [-0.15, -0.1) is 12.5 Å². The van der Waals surface area contributed by atoms with Gasteiger partial charge in [-0.3, -0.25) is 6.08 Å². The first-order chi connectivity index (χ1) is 7.41. The molecule has 0 heterocycles. The smallest absolute Gasteiger partial charge is 1.00 e. The van der Waals surface area contributed by atoms with Gasteiger partial charge in [0.15, 0.2) is 0 Å². The zero-order chi connectivity index (χ0) is 12.3. The maximum absolute atomic E-state index is 6.47. The monoisotopic (exact) mass is 397 g/mol. The van der Waals surface area contributed by atoms with Gasteiger partial charge in [0.05, 0.1) is 0 Å². The molecule has 0 aromatic rings. The van der Waals surface area contributed by atoms with E-state index in [4.69, 9.17) is 4.43 Å². The molecule has 0 saturated heterocycles. The molecule has 19 heavy (non-hydrogen) atoms. The van der Waals surface area contributed by atoms with E-state index in [0.717, 1.165) is 12.2 Å². The third-order valence-electron chi connectivity index (χ3n) is 3.67. The molecule has 0 bridgehead atoms. The van der Waals surface area contributed by atoms with Gasteiger partial charge in [0, 0.05) is 0 Å². The van der Waals surface area contributed by atoms with E-state index in [2.05, 4.69) is 53.7 Å². The van der Waals surface area contributed by atoms with Crippen LogP contribution in [0, 0.1) is 6.08 Å². The number of halogens is 2. The largest absolute Gasteiger partial charge is 3.00 e. The van der Waals surface area contributed by atoms with Crippen molar-refractivity contribution < 1.29 is 55.4 Å². The normalized spacial score (nSPS) is 13.8. The second kappa shape index (κ2) is 10.7. The van der Waals surface area contributed by atoms with Gasteiger partial charge in [0.1, 0.15) is 0 Å². The summed E-state index contributed by atoms with van der Waals surface area (Å²) in [6.07, 6.45) is 8.26. The van der Waals surface area contributed by atoms with E-state index in [1.165, 1.54) is 0 Å². The molecule has 0 aliphatic heterocycles. The summed E-state index contributed by atoms with van der Waals surface area (Å²) in [7, 11) is -1.73. The Morgan fingerprint density at radius 1 is 1.00 bits per heavy atom. The van der Waals surface area contributed by atoms with Crippen LogP contribution in [0.1, 0.15) is 48.0 Å². The van der Waals surface area contributed by atoms with Gasteiger partial charge in [0.2, 0.25) is 8.32 Å². The maximum atomic E-state index is 6.47. The Labute approximate surface area is 151 Å². The van der Waals surface area contributed by atoms with Gasteiger partial charge in [-0.25, -0.2) is 0 Å². The Morgan fingerprint density at radius 3 is 1.68 bits per heavy atom. The molecule has 0 aromatic carbocycles. The van der Waals surface area contributed by atoms with Gasteiger partial charge in [-0.05, 0) is 16.6 Å². The second-order valence-corrected chi connectivity index (χ2v) is 11.0. The van der Waals surface area contributed by atoms with Gasteiger partial charge < -0.3 is 29.2 Å². The predicted molar refractivity (Wildman–Crippen MR) is 72.6 cm³/mol. The Kier molecular flexibility index (Phi) is 14.0. The third kappa shape index (κ3) is 5.69. The zero-order valence-corrected chi connectivity index (χ0v) is 17.7. The van der Waals surface area contributed by atoms with Crippen LogP contribution >= 0.6 is 0 Å². The molecule has 0 fully saturated rings. The Bertz CT molecular complexity index is 280. The summed E-state index contributed by atoms with van der Waals surface area (Å²) in [6.45, 7) is 13.9. The summed E-state index contributed by atoms with van der Waals surface area (Å²) >= 11 is 0. The summed E-state index contributed by atoms with van der Waals surface area (Å²) in [5.74, 6) is 1.06. The molecule has 0 unspecified atom stereocenters. The standard InChI is InChI=1S/C14H25OSi.2ClH.Zr/c1-11(2)16(12(3)4,13(5)6)15-14-9-7-8-10-14;;;/h9-13H,7H2,1-6H3;2*1H;/q-1;;;+3/p-2. The van der Waals surface area contributed by atoms with Crippen molar-refractivity contribution in [2.45, 2.75) is 64.6 Å². The quantitative estimate of drug-likeness (QED) is 0.418. The topological polar surface area (TPSA) is 9.23 Å². The fourth-order valence-electron chi connectivity index (χ4n) is 3.01. The third-order valence-corrected chi connectivity index (χ3v) is 9.67. The van der Waals surface area contributed by atoms with Crippen molar-refractivity contribution >= 4 is 8.32 Å². The van der Waals surface area contributed by atoms with Crippen molar-refractivity contribution in [2.75, 3.05) is 0 Å². The van der Waals surface area contributed by atoms with Crippen LogP contribution in [0.15, 0.2) is 17.9 Å². The van der Waals surface area contributed by atoms with Gasteiger partial charge >= 0.3 is 26.2 Å². The minimum absolute atomic E-state index is 0.